The third-order valence-electron chi connectivity index (χ3n) is 5.03. The zero-order valence-corrected chi connectivity index (χ0v) is 13.0. The Morgan fingerprint density at radius 3 is 2.52 bits per heavy atom. The number of carbonyl (C=O) groups is 1. The molecule has 3 heteroatoms. The number of benzene rings is 1. The SMILES string of the molecule is CC1(C)CN(C(=O)C2CCOCC2)CC1c1ccccc1. The molecule has 0 bridgehead atoms. The highest BCUT2D eigenvalue weighted by Gasteiger charge is 2.43. The molecule has 0 spiro atoms. The lowest BCUT2D eigenvalue weighted by atomic mass is 9.78. The van der Waals surface area contributed by atoms with Crippen LogP contribution in [0.4, 0.5) is 0 Å². The zero-order valence-electron chi connectivity index (χ0n) is 13.0. The molecule has 1 atom stereocenters. The molecular weight excluding hydrogens is 262 g/mol. The number of amides is 1. The van der Waals surface area contributed by atoms with Gasteiger partial charge in [-0.05, 0) is 23.8 Å². The summed E-state index contributed by atoms with van der Waals surface area (Å²) < 4.78 is 5.37. The summed E-state index contributed by atoms with van der Waals surface area (Å²) >= 11 is 0. The van der Waals surface area contributed by atoms with E-state index in [4.69, 9.17) is 4.74 Å². The van der Waals surface area contributed by atoms with E-state index in [-0.39, 0.29) is 11.3 Å². The van der Waals surface area contributed by atoms with Gasteiger partial charge in [-0.1, -0.05) is 44.2 Å². The molecule has 21 heavy (non-hydrogen) atoms. The Bertz CT molecular complexity index is 491. The number of carbonyl (C=O) groups excluding carboxylic acids is 1. The maximum Gasteiger partial charge on any atom is 0.225 e. The number of nitrogens with zero attached hydrogens (tertiary/aromatic N) is 1. The molecule has 114 valence electrons. The maximum atomic E-state index is 12.7. The predicted octanol–water partition coefficient (Wildman–Crippen LogP) is 3.07. The quantitative estimate of drug-likeness (QED) is 0.836. The third kappa shape index (κ3) is 2.98. The van der Waals surface area contributed by atoms with Crippen molar-refractivity contribution >= 4 is 5.91 Å². The summed E-state index contributed by atoms with van der Waals surface area (Å²) in [5.41, 5.74) is 1.49. The number of ether oxygens (including phenoxy) is 1. The van der Waals surface area contributed by atoms with Crippen molar-refractivity contribution in [3.05, 3.63) is 35.9 Å². The van der Waals surface area contributed by atoms with Crippen LogP contribution in [-0.4, -0.2) is 37.1 Å². The Kier molecular flexibility index (Phi) is 4.03. The van der Waals surface area contributed by atoms with E-state index in [1.54, 1.807) is 0 Å². The Morgan fingerprint density at radius 2 is 1.86 bits per heavy atom. The average Bonchev–Trinajstić information content (AvgIpc) is 2.84. The van der Waals surface area contributed by atoms with Crippen LogP contribution in [0.1, 0.15) is 38.2 Å². The molecule has 0 aromatic heterocycles. The largest absolute Gasteiger partial charge is 0.381 e. The molecule has 2 fully saturated rings. The molecule has 1 amide bonds. The van der Waals surface area contributed by atoms with Crippen molar-refractivity contribution in [3.63, 3.8) is 0 Å². The molecule has 0 aliphatic carbocycles. The lowest BCUT2D eigenvalue weighted by molar-refractivity contribution is -0.137. The molecule has 1 unspecified atom stereocenters. The third-order valence-corrected chi connectivity index (χ3v) is 5.03. The van der Waals surface area contributed by atoms with Crippen molar-refractivity contribution < 1.29 is 9.53 Å². The van der Waals surface area contributed by atoms with Gasteiger partial charge in [-0.15, -0.1) is 0 Å². The van der Waals surface area contributed by atoms with Gasteiger partial charge in [0.1, 0.15) is 0 Å². The Balaban J connectivity index is 1.74. The fraction of sp³-hybridized carbons (Fsp3) is 0.611. The number of hydrogen-bond acceptors (Lipinski definition) is 2. The van der Waals surface area contributed by atoms with Gasteiger partial charge >= 0.3 is 0 Å². The van der Waals surface area contributed by atoms with E-state index in [2.05, 4.69) is 49.1 Å². The lowest BCUT2D eigenvalue weighted by Gasteiger charge is -2.27. The van der Waals surface area contributed by atoms with Gasteiger partial charge in [-0.3, -0.25) is 4.79 Å². The summed E-state index contributed by atoms with van der Waals surface area (Å²) in [6.07, 6.45) is 1.76. The second kappa shape index (κ2) is 5.80. The molecule has 2 heterocycles. The number of likely N-dealkylation sites (tertiary alicyclic amines) is 1. The first-order valence-electron chi connectivity index (χ1n) is 7.99. The smallest absolute Gasteiger partial charge is 0.225 e. The van der Waals surface area contributed by atoms with E-state index >= 15 is 0 Å². The van der Waals surface area contributed by atoms with Crippen molar-refractivity contribution in [3.8, 4) is 0 Å². The summed E-state index contributed by atoms with van der Waals surface area (Å²) in [5.74, 6) is 0.941. The normalized spacial score (nSPS) is 26.0. The first-order chi connectivity index (χ1) is 10.1. The van der Waals surface area contributed by atoms with Crippen molar-refractivity contribution in [1.82, 2.24) is 4.90 Å². The van der Waals surface area contributed by atoms with Crippen molar-refractivity contribution in [2.45, 2.75) is 32.6 Å². The maximum absolute atomic E-state index is 12.7. The van der Waals surface area contributed by atoms with Crippen LogP contribution in [-0.2, 0) is 9.53 Å². The summed E-state index contributed by atoms with van der Waals surface area (Å²) in [7, 11) is 0. The fourth-order valence-corrected chi connectivity index (χ4v) is 3.75. The topological polar surface area (TPSA) is 29.5 Å². The van der Waals surface area contributed by atoms with Gasteiger partial charge < -0.3 is 9.64 Å². The molecule has 0 N–H and O–H groups in total. The number of hydrogen-bond donors (Lipinski definition) is 0. The second-order valence-corrected chi connectivity index (χ2v) is 7.06. The van der Waals surface area contributed by atoms with Crippen molar-refractivity contribution in [2.75, 3.05) is 26.3 Å². The van der Waals surface area contributed by atoms with Crippen LogP contribution in [0.15, 0.2) is 30.3 Å². The van der Waals surface area contributed by atoms with Gasteiger partial charge in [0.05, 0.1) is 0 Å². The standard InChI is InChI=1S/C18H25NO2/c1-18(2)13-19(17(20)15-8-10-21-11-9-15)12-16(18)14-6-4-3-5-7-14/h3-7,15-16H,8-13H2,1-2H3. The van der Waals surface area contributed by atoms with Gasteiger partial charge in [0.15, 0.2) is 0 Å². The van der Waals surface area contributed by atoms with Gasteiger partial charge in [0.2, 0.25) is 5.91 Å². The minimum Gasteiger partial charge on any atom is -0.381 e. The van der Waals surface area contributed by atoms with E-state index in [1.165, 1.54) is 5.56 Å². The highest BCUT2D eigenvalue weighted by molar-refractivity contribution is 5.79. The first-order valence-corrected chi connectivity index (χ1v) is 7.99. The van der Waals surface area contributed by atoms with Gasteiger partial charge in [-0.2, -0.15) is 0 Å². The first kappa shape index (κ1) is 14.6. The summed E-state index contributed by atoms with van der Waals surface area (Å²) in [6, 6.07) is 10.6. The van der Waals surface area contributed by atoms with Gasteiger partial charge in [0, 0.05) is 38.1 Å². The van der Waals surface area contributed by atoms with Crippen LogP contribution in [0.25, 0.3) is 0 Å². The average molecular weight is 287 g/mol. The molecule has 2 saturated heterocycles. The Hall–Kier alpha value is -1.35. The summed E-state index contributed by atoms with van der Waals surface area (Å²) in [6.45, 7) is 7.74. The van der Waals surface area contributed by atoms with Gasteiger partial charge in [0.25, 0.3) is 0 Å². The fourth-order valence-electron chi connectivity index (χ4n) is 3.75. The minimum absolute atomic E-state index is 0.141. The minimum atomic E-state index is 0.141. The van der Waals surface area contributed by atoms with Gasteiger partial charge in [-0.25, -0.2) is 0 Å². The van der Waals surface area contributed by atoms with E-state index in [9.17, 15) is 4.79 Å². The highest BCUT2D eigenvalue weighted by atomic mass is 16.5. The van der Waals surface area contributed by atoms with Crippen LogP contribution in [0, 0.1) is 11.3 Å². The van der Waals surface area contributed by atoms with E-state index in [0.29, 0.717) is 11.8 Å². The van der Waals surface area contributed by atoms with Crippen LogP contribution in [0.5, 0.6) is 0 Å². The Labute approximate surface area is 127 Å². The molecular formula is C18H25NO2. The molecule has 2 aliphatic heterocycles. The van der Waals surface area contributed by atoms with Crippen LogP contribution < -0.4 is 0 Å². The van der Waals surface area contributed by atoms with E-state index < -0.39 is 0 Å². The predicted molar refractivity (Wildman–Crippen MR) is 83.1 cm³/mol. The molecule has 3 nitrogen and oxygen atoms in total. The monoisotopic (exact) mass is 287 g/mol. The van der Waals surface area contributed by atoms with Crippen molar-refractivity contribution in [2.24, 2.45) is 11.3 Å². The van der Waals surface area contributed by atoms with E-state index in [1.807, 2.05) is 0 Å². The zero-order chi connectivity index (χ0) is 14.9. The molecule has 3 rings (SSSR count). The molecule has 0 radical (unpaired) electrons. The molecule has 1 aromatic carbocycles. The van der Waals surface area contributed by atoms with Crippen LogP contribution in [0.2, 0.25) is 0 Å². The Morgan fingerprint density at radius 1 is 1.19 bits per heavy atom. The lowest BCUT2D eigenvalue weighted by Crippen LogP contribution is -2.37. The van der Waals surface area contributed by atoms with Crippen molar-refractivity contribution in [1.29, 1.82) is 0 Å². The molecule has 2 aliphatic rings. The molecule has 1 aromatic rings. The highest BCUT2D eigenvalue weighted by Crippen LogP contribution is 2.42. The molecule has 0 saturated carbocycles. The summed E-state index contributed by atoms with van der Waals surface area (Å²) in [5, 5.41) is 0. The van der Waals surface area contributed by atoms with Crippen LogP contribution in [0.3, 0.4) is 0 Å². The van der Waals surface area contributed by atoms with E-state index in [0.717, 1.165) is 39.1 Å². The van der Waals surface area contributed by atoms with Crippen LogP contribution >= 0.6 is 0 Å². The second-order valence-electron chi connectivity index (χ2n) is 7.06. The number of rotatable bonds is 2. The summed E-state index contributed by atoms with van der Waals surface area (Å²) in [4.78, 5) is 14.8.